The second-order valence-corrected chi connectivity index (χ2v) is 6.70. The van der Waals surface area contributed by atoms with Gasteiger partial charge in [0.2, 0.25) is 5.91 Å². The fourth-order valence-corrected chi connectivity index (χ4v) is 3.68. The van der Waals surface area contributed by atoms with E-state index in [9.17, 15) is 13.2 Å². The molecule has 0 saturated carbocycles. The highest BCUT2D eigenvalue weighted by Crippen LogP contribution is 2.14. The van der Waals surface area contributed by atoms with E-state index in [0.717, 1.165) is 25.9 Å². The first-order valence-electron chi connectivity index (χ1n) is 6.20. The average Bonchev–Trinajstić information content (AvgIpc) is 2.29. The molecule has 0 radical (unpaired) electrons. The summed E-state index contributed by atoms with van der Waals surface area (Å²) in [6.07, 6.45) is 1.73. The van der Waals surface area contributed by atoms with Crippen LogP contribution in [-0.4, -0.2) is 59.2 Å². The third-order valence-corrected chi connectivity index (χ3v) is 4.61. The van der Waals surface area contributed by atoms with E-state index in [1.54, 1.807) is 0 Å². The van der Waals surface area contributed by atoms with Gasteiger partial charge in [-0.05, 0) is 31.8 Å². The highest BCUT2D eigenvalue weighted by Gasteiger charge is 2.23. The van der Waals surface area contributed by atoms with Gasteiger partial charge in [-0.15, -0.1) is 0 Å². The van der Waals surface area contributed by atoms with Crippen LogP contribution in [0.5, 0.6) is 0 Å². The molecule has 0 aliphatic carbocycles. The van der Waals surface area contributed by atoms with Crippen LogP contribution >= 0.6 is 0 Å². The molecule has 0 spiro atoms. The summed E-state index contributed by atoms with van der Waals surface area (Å²) in [7, 11) is -1.77. The zero-order valence-corrected chi connectivity index (χ0v) is 11.6. The first-order chi connectivity index (χ1) is 8.53. The quantitative estimate of drug-likeness (QED) is 0.593. The van der Waals surface area contributed by atoms with Crippen LogP contribution in [0.2, 0.25) is 0 Å². The Kier molecular flexibility index (Phi) is 6.59. The van der Waals surface area contributed by atoms with E-state index in [0.29, 0.717) is 13.2 Å². The van der Waals surface area contributed by atoms with Gasteiger partial charge in [0, 0.05) is 13.7 Å². The minimum Gasteiger partial charge on any atom is -0.383 e. The number of rotatable bonds is 7. The fraction of sp³-hybridized carbons (Fsp3) is 0.909. The van der Waals surface area contributed by atoms with Crippen molar-refractivity contribution in [2.45, 2.75) is 12.8 Å². The lowest BCUT2D eigenvalue weighted by atomic mass is 10.0. The maximum absolute atomic E-state index is 11.8. The maximum Gasteiger partial charge on any atom is 0.235 e. The number of ether oxygens (including phenoxy) is 1. The molecule has 18 heavy (non-hydrogen) atoms. The Balaban J connectivity index is 2.31. The molecule has 0 atom stereocenters. The second kappa shape index (κ2) is 7.70. The van der Waals surface area contributed by atoms with Crippen LogP contribution in [-0.2, 0) is 19.4 Å². The number of piperidine rings is 1. The SMILES string of the molecule is COCCNC(=O)CS(=O)(=O)CC1CCNCC1. The summed E-state index contributed by atoms with van der Waals surface area (Å²) in [6.45, 7) is 2.46. The van der Waals surface area contributed by atoms with Gasteiger partial charge in [0.15, 0.2) is 9.84 Å². The largest absolute Gasteiger partial charge is 0.383 e. The van der Waals surface area contributed by atoms with Crippen molar-refractivity contribution in [1.29, 1.82) is 0 Å². The molecule has 7 heteroatoms. The smallest absolute Gasteiger partial charge is 0.235 e. The van der Waals surface area contributed by atoms with Crippen LogP contribution in [0.4, 0.5) is 0 Å². The van der Waals surface area contributed by atoms with Crippen molar-refractivity contribution in [3.63, 3.8) is 0 Å². The first-order valence-corrected chi connectivity index (χ1v) is 8.02. The number of hydrogen-bond acceptors (Lipinski definition) is 5. The molecule has 1 heterocycles. The van der Waals surface area contributed by atoms with Crippen molar-refractivity contribution in [3.05, 3.63) is 0 Å². The molecule has 1 amide bonds. The van der Waals surface area contributed by atoms with Crippen molar-refractivity contribution in [2.24, 2.45) is 5.92 Å². The number of nitrogens with one attached hydrogen (secondary N) is 2. The van der Waals surface area contributed by atoms with E-state index >= 15 is 0 Å². The Hall–Kier alpha value is -0.660. The summed E-state index contributed by atoms with van der Waals surface area (Å²) >= 11 is 0. The van der Waals surface area contributed by atoms with E-state index in [4.69, 9.17) is 4.74 Å². The third-order valence-electron chi connectivity index (χ3n) is 2.93. The van der Waals surface area contributed by atoms with Crippen molar-refractivity contribution in [3.8, 4) is 0 Å². The van der Waals surface area contributed by atoms with Crippen LogP contribution in [0.25, 0.3) is 0 Å². The molecular weight excluding hydrogens is 256 g/mol. The summed E-state index contributed by atoms with van der Waals surface area (Å²) in [4.78, 5) is 11.4. The van der Waals surface area contributed by atoms with Gasteiger partial charge >= 0.3 is 0 Å². The van der Waals surface area contributed by atoms with Gasteiger partial charge in [-0.25, -0.2) is 8.42 Å². The van der Waals surface area contributed by atoms with Gasteiger partial charge in [-0.3, -0.25) is 4.79 Å². The molecular formula is C11H22N2O4S. The molecule has 0 aromatic heterocycles. The van der Waals surface area contributed by atoms with Crippen molar-refractivity contribution in [2.75, 3.05) is 44.9 Å². The monoisotopic (exact) mass is 278 g/mol. The molecule has 1 aliphatic rings. The zero-order valence-electron chi connectivity index (χ0n) is 10.8. The maximum atomic E-state index is 11.8. The second-order valence-electron chi connectivity index (χ2n) is 4.59. The van der Waals surface area contributed by atoms with E-state index in [-0.39, 0.29) is 11.7 Å². The molecule has 106 valence electrons. The number of hydrogen-bond donors (Lipinski definition) is 2. The lowest BCUT2D eigenvalue weighted by molar-refractivity contribution is -0.118. The van der Waals surface area contributed by atoms with Crippen LogP contribution < -0.4 is 10.6 Å². The van der Waals surface area contributed by atoms with Gasteiger partial charge in [0.25, 0.3) is 0 Å². The molecule has 0 aromatic carbocycles. The lowest BCUT2D eigenvalue weighted by Gasteiger charge is -2.22. The summed E-state index contributed by atoms with van der Waals surface area (Å²) in [5.41, 5.74) is 0. The van der Waals surface area contributed by atoms with Crippen LogP contribution in [0.1, 0.15) is 12.8 Å². The van der Waals surface area contributed by atoms with Gasteiger partial charge in [-0.2, -0.15) is 0 Å². The van der Waals surface area contributed by atoms with Gasteiger partial charge < -0.3 is 15.4 Å². The van der Waals surface area contributed by atoms with Crippen molar-refractivity contribution >= 4 is 15.7 Å². The molecule has 1 aliphatic heterocycles. The summed E-state index contributed by atoms with van der Waals surface area (Å²) < 4.78 is 28.4. The topological polar surface area (TPSA) is 84.5 Å². The van der Waals surface area contributed by atoms with Gasteiger partial charge in [-0.1, -0.05) is 0 Å². The Morgan fingerprint density at radius 1 is 1.39 bits per heavy atom. The summed E-state index contributed by atoms with van der Waals surface area (Å²) in [5.74, 6) is -0.559. The minimum absolute atomic E-state index is 0.117. The summed E-state index contributed by atoms with van der Waals surface area (Å²) in [6, 6.07) is 0. The summed E-state index contributed by atoms with van der Waals surface area (Å²) in [5, 5.41) is 5.71. The standard InChI is InChI=1S/C11H22N2O4S/c1-17-7-6-13-11(14)9-18(15,16)8-10-2-4-12-5-3-10/h10,12H,2-9H2,1H3,(H,13,14). The average molecular weight is 278 g/mol. The predicted octanol–water partition coefficient (Wildman–Crippen LogP) is -0.837. The van der Waals surface area contributed by atoms with Crippen molar-refractivity contribution < 1.29 is 17.9 Å². The Bertz CT molecular complexity index is 350. The van der Waals surface area contributed by atoms with Crippen LogP contribution in [0, 0.1) is 5.92 Å². The van der Waals surface area contributed by atoms with Crippen molar-refractivity contribution in [1.82, 2.24) is 10.6 Å². The number of sulfone groups is 1. The number of carbonyl (C=O) groups excluding carboxylic acids is 1. The number of amides is 1. The van der Waals surface area contributed by atoms with E-state index in [1.165, 1.54) is 7.11 Å². The Morgan fingerprint density at radius 3 is 2.67 bits per heavy atom. The number of methoxy groups -OCH3 is 1. The molecule has 0 bridgehead atoms. The molecule has 1 fully saturated rings. The lowest BCUT2D eigenvalue weighted by Crippen LogP contribution is -2.36. The molecule has 0 aromatic rings. The minimum atomic E-state index is -3.30. The van der Waals surface area contributed by atoms with E-state index < -0.39 is 21.5 Å². The van der Waals surface area contributed by atoms with E-state index in [1.807, 2.05) is 0 Å². The Labute approximate surface area is 108 Å². The molecule has 1 rings (SSSR count). The number of carbonyl (C=O) groups is 1. The highest BCUT2D eigenvalue weighted by molar-refractivity contribution is 7.92. The highest BCUT2D eigenvalue weighted by atomic mass is 32.2. The first kappa shape index (κ1) is 15.4. The predicted molar refractivity (Wildman–Crippen MR) is 69.1 cm³/mol. The van der Waals surface area contributed by atoms with Crippen LogP contribution in [0.15, 0.2) is 0 Å². The van der Waals surface area contributed by atoms with E-state index in [2.05, 4.69) is 10.6 Å². The van der Waals surface area contributed by atoms with Gasteiger partial charge in [0.1, 0.15) is 5.75 Å². The van der Waals surface area contributed by atoms with Gasteiger partial charge in [0.05, 0.1) is 12.4 Å². The fourth-order valence-electron chi connectivity index (χ4n) is 2.01. The molecule has 2 N–H and O–H groups in total. The molecule has 0 unspecified atom stereocenters. The normalized spacial score (nSPS) is 17.6. The zero-order chi connectivity index (χ0) is 13.4. The van der Waals surface area contributed by atoms with Crippen LogP contribution in [0.3, 0.4) is 0 Å². The Morgan fingerprint density at radius 2 is 2.06 bits per heavy atom. The third kappa shape index (κ3) is 6.32. The molecule has 1 saturated heterocycles. The molecule has 6 nitrogen and oxygen atoms in total.